The lowest BCUT2D eigenvalue weighted by Gasteiger charge is -2.43. The SMILES string of the molecule is COc1cccc2c1C(=O)c1c(O)c3c(c(O)c1C2=O)C[C@@](O)(C(C)=O)C[C@@H]3O[C@H]1C[C@H](NC(=O)[C@H](CC(C)C)NC(=O)[C@H](C)N)[C@H](O)[C@H](C)O1. The smallest absolute Gasteiger partial charge is 0.242 e. The molecule has 0 aromatic heterocycles. The largest absolute Gasteiger partial charge is 0.507 e. The van der Waals surface area contributed by atoms with E-state index in [4.69, 9.17) is 19.9 Å². The van der Waals surface area contributed by atoms with Gasteiger partial charge in [0.25, 0.3) is 0 Å². The molecule has 0 bridgehead atoms. The highest BCUT2D eigenvalue weighted by atomic mass is 16.7. The van der Waals surface area contributed by atoms with Gasteiger partial charge in [-0.25, -0.2) is 0 Å². The van der Waals surface area contributed by atoms with Crippen molar-refractivity contribution in [3.8, 4) is 17.2 Å². The van der Waals surface area contributed by atoms with Crippen LogP contribution in [0.3, 0.4) is 0 Å². The number of carbonyl (C=O) groups excluding carboxylic acids is 5. The van der Waals surface area contributed by atoms with E-state index in [0.717, 1.165) is 6.92 Å². The molecule has 15 heteroatoms. The molecule has 2 aromatic carbocycles. The lowest BCUT2D eigenvalue weighted by Crippen LogP contribution is -2.59. The zero-order valence-electron chi connectivity index (χ0n) is 29.3. The summed E-state index contributed by atoms with van der Waals surface area (Å²) in [5, 5.41) is 51.2. The number of benzene rings is 2. The first-order valence-electron chi connectivity index (χ1n) is 16.9. The van der Waals surface area contributed by atoms with E-state index < -0.39 is 113 Å². The fourth-order valence-electron chi connectivity index (χ4n) is 7.06. The molecule has 1 aliphatic heterocycles. The van der Waals surface area contributed by atoms with Gasteiger partial charge in [-0.15, -0.1) is 0 Å². The number of rotatable bonds is 10. The van der Waals surface area contributed by atoms with Crippen molar-refractivity contribution >= 4 is 29.2 Å². The first kappa shape index (κ1) is 37.8. The Kier molecular flexibility index (Phi) is 10.6. The number of nitrogens with one attached hydrogen (secondary N) is 2. The number of carbonyl (C=O) groups is 5. The number of aromatic hydroxyl groups is 2. The van der Waals surface area contributed by atoms with Gasteiger partial charge in [-0.2, -0.15) is 0 Å². The average Bonchev–Trinajstić information content (AvgIpc) is 3.06. The Morgan fingerprint density at radius 2 is 1.73 bits per heavy atom. The van der Waals surface area contributed by atoms with Gasteiger partial charge in [0.1, 0.15) is 35.0 Å². The van der Waals surface area contributed by atoms with Crippen molar-refractivity contribution in [3.63, 3.8) is 0 Å². The number of Topliss-reactive ketones (excluding diaryl/α,β-unsaturated/α-hetero) is 1. The summed E-state index contributed by atoms with van der Waals surface area (Å²) >= 11 is 0. The topological polar surface area (TPSA) is 244 Å². The Balaban J connectivity index is 1.51. The number of methoxy groups -OCH3 is 1. The molecule has 0 radical (unpaired) electrons. The van der Waals surface area contributed by atoms with Crippen LogP contribution in [0.15, 0.2) is 18.2 Å². The molecule has 2 aliphatic carbocycles. The van der Waals surface area contributed by atoms with Crippen LogP contribution < -0.4 is 21.1 Å². The third kappa shape index (κ3) is 6.96. The van der Waals surface area contributed by atoms with Gasteiger partial charge in [0.15, 0.2) is 17.9 Å². The van der Waals surface area contributed by atoms with Gasteiger partial charge in [-0.3, -0.25) is 24.0 Å². The second kappa shape index (κ2) is 14.3. The van der Waals surface area contributed by atoms with E-state index in [-0.39, 0.29) is 46.8 Å². The van der Waals surface area contributed by atoms with Crippen LogP contribution in [-0.4, -0.2) is 98.9 Å². The number of amides is 2. The van der Waals surface area contributed by atoms with Crippen molar-refractivity contribution in [1.29, 1.82) is 0 Å². The van der Waals surface area contributed by atoms with Crippen molar-refractivity contribution < 1.29 is 58.6 Å². The minimum absolute atomic E-state index is 0.0155. The predicted octanol–water partition coefficient (Wildman–Crippen LogP) is 1.06. The predicted molar refractivity (Wildman–Crippen MR) is 179 cm³/mol. The number of aliphatic hydroxyl groups excluding tert-OH is 1. The molecule has 5 rings (SSSR count). The van der Waals surface area contributed by atoms with Crippen molar-refractivity contribution in [3.05, 3.63) is 51.6 Å². The highest BCUT2D eigenvalue weighted by molar-refractivity contribution is 6.31. The molecule has 3 aliphatic rings. The van der Waals surface area contributed by atoms with E-state index in [9.17, 15) is 44.4 Å². The number of phenols is 2. The summed E-state index contributed by atoms with van der Waals surface area (Å²) in [5.74, 6) is -4.62. The molecule has 8 atom stereocenters. The number of nitrogens with two attached hydrogens (primary N) is 1. The van der Waals surface area contributed by atoms with Crippen LogP contribution in [0.5, 0.6) is 17.2 Å². The summed E-state index contributed by atoms with van der Waals surface area (Å²) in [6.07, 6.45) is -5.55. The monoisotopic (exact) mass is 711 g/mol. The van der Waals surface area contributed by atoms with Crippen molar-refractivity contribution in [2.24, 2.45) is 11.7 Å². The quantitative estimate of drug-likeness (QED) is 0.146. The molecule has 0 spiro atoms. The summed E-state index contributed by atoms with van der Waals surface area (Å²) in [7, 11) is 1.32. The molecule has 8 N–H and O–H groups in total. The van der Waals surface area contributed by atoms with Gasteiger partial charge < -0.3 is 51.0 Å². The second-order valence-electron chi connectivity index (χ2n) is 14.1. The molecular formula is C36H45N3O12. The maximum atomic E-state index is 13.9. The van der Waals surface area contributed by atoms with E-state index in [0.29, 0.717) is 0 Å². The third-order valence-electron chi connectivity index (χ3n) is 9.83. The third-order valence-corrected chi connectivity index (χ3v) is 9.83. The van der Waals surface area contributed by atoms with E-state index in [1.54, 1.807) is 6.92 Å². The minimum atomic E-state index is -2.12. The number of aliphatic hydroxyl groups is 2. The van der Waals surface area contributed by atoms with Crippen LogP contribution in [0.1, 0.15) is 103 Å². The fourth-order valence-corrected chi connectivity index (χ4v) is 7.06. The van der Waals surface area contributed by atoms with E-state index >= 15 is 0 Å². The Bertz CT molecular complexity index is 1770. The summed E-state index contributed by atoms with van der Waals surface area (Å²) in [5.41, 5.74) is 2.15. The first-order chi connectivity index (χ1) is 23.9. The molecule has 51 heavy (non-hydrogen) atoms. The molecule has 2 amide bonds. The van der Waals surface area contributed by atoms with E-state index in [1.165, 1.54) is 32.2 Å². The maximum absolute atomic E-state index is 13.9. The van der Waals surface area contributed by atoms with E-state index in [1.807, 2.05) is 13.8 Å². The summed E-state index contributed by atoms with van der Waals surface area (Å²) < 4.78 is 17.5. The Labute approximate surface area is 294 Å². The molecule has 0 saturated carbocycles. The van der Waals surface area contributed by atoms with Gasteiger partial charge in [-0.05, 0) is 39.2 Å². The van der Waals surface area contributed by atoms with Gasteiger partial charge in [-0.1, -0.05) is 26.0 Å². The lowest BCUT2D eigenvalue weighted by atomic mass is 9.72. The average molecular weight is 712 g/mol. The van der Waals surface area contributed by atoms with Crippen LogP contribution >= 0.6 is 0 Å². The van der Waals surface area contributed by atoms with Crippen molar-refractivity contribution in [2.45, 2.75) is 109 Å². The zero-order valence-corrected chi connectivity index (χ0v) is 29.3. The van der Waals surface area contributed by atoms with Crippen molar-refractivity contribution in [1.82, 2.24) is 10.6 Å². The number of ether oxygens (including phenoxy) is 3. The number of hydrogen-bond donors (Lipinski definition) is 7. The van der Waals surface area contributed by atoms with Crippen LogP contribution in [-0.2, 0) is 30.3 Å². The number of fused-ring (bicyclic) bond motifs is 3. The highest BCUT2D eigenvalue weighted by Crippen LogP contribution is 2.52. The standard InChI is InChI=1S/C36H45N3O12/c1-14(2)10-21(39-34(46)15(3)37)35(47)38-20-11-24(50-16(4)29(20)41)51-23-13-36(48,17(5)40)12-19-26(23)33(45)28-27(31(19)43)30(42)18-8-7-9-22(49-6)25(18)32(28)44/h7-9,14-16,20-21,23-24,29,41,43,45,48H,10-13,37H2,1-6H3,(H,38,47)(H,39,46)/t15-,16-,20-,21-,23-,24-,29+,36-/m0/s1. The normalized spacial score (nSPS) is 26.7. The Hall–Kier alpha value is -4.41. The first-order valence-corrected chi connectivity index (χ1v) is 16.9. The Morgan fingerprint density at radius 1 is 1.06 bits per heavy atom. The second-order valence-corrected chi connectivity index (χ2v) is 14.1. The molecule has 1 fully saturated rings. The maximum Gasteiger partial charge on any atom is 0.242 e. The van der Waals surface area contributed by atoms with E-state index in [2.05, 4.69) is 10.6 Å². The van der Waals surface area contributed by atoms with Gasteiger partial charge >= 0.3 is 0 Å². The summed E-state index contributed by atoms with van der Waals surface area (Å²) in [6.45, 7) is 7.92. The molecule has 2 aromatic rings. The van der Waals surface area contributed by atoms with Crippen LogP contribution in [0.4, 0.5) is 0 Å². The number of phenolic OH excluding ortho intramolecular Hbond substituents is 2. The van der Waals surface area contributed by atoms with Crippen LogP contribution in [0.25, 0.3) is 0 Å². The van der Waals surface area contributed by atoms with Crippen LogP contribution in [0, 0.1) is 5.92 Å². The molecule has 1 heterocycles. The minimum Gasteiger partial charge on any atom is -0.507 e. The molecule has 276 valence electrons. The van der Waals surface area contributed by atoms with Gasteiger partial charge in [0, 0.05) is 36.0 Å². The summed E-state index contributed by atoms with van der Waals surface area (Å²) in [4.78, 5) is 66.2. The Morgan fingerprint density at radius 3 is 2.33 bits per heavy atom. The van der Waals surface area contributed by atoms with Crippen LogP contribution in [0.2, 0.25) is 0 Å². The molecule has 0 unspecified atom stereocenters. The highest BCUT2D eigenvalue weighted by Gasteiger charge is 2.49. The van der Waals surface area contributed by atoms with Crippen molar-refractivity contribution in [2.75, 3.05) is 7.11 Å². The zero-order chi connectivity index (χ0) is 37.7. The van der Waals surface area contributed by atoms with Gasteiger partial charge in [0.2, 0.25) is 17.6 Å². The number of hydrogen-bond acceptors (Lipinski definition) is 13. The fraction of sp³-hybridized carbons (Fsp3) is 0.528. The molecule has 1 saturated heterocycles. The molecular weight excluding hydrogens is 666 g/mol. The molecule has 15 nitrogen and oxygen atoms in total. The summed E-state index contributed by atoms with van der Waals surface area (Å²) in [6, 6.07) is 1.58. The number of ketones is 3. The van der Waals surface area contributed by atoms with Gasteiger partial charge in [0.05, 0.1) is 48.1 Å². The lowest BCUT2D eigenvalue weighted by molar-refractivity contribution is -0.249.